The van der Waals surface area contributed by atoms with Gasteiger partial charge in [-0.25, -0.2) is 14.4 Å². The Balaban J connectivity index is 2.03. The monoisotopic (exact) mass is 628 g/mol. The zero-order valence-electron chi connectivity index (χ0n) is 21.9. The second-order valence-corrected chi connectivity index (χ2v) is 8.89. The van der Waals surface area contributed by atoms with Crippen molar-refractivity contribution in [2.75, 3.05) is 5.32 Å². The molecule has 0 bridgehead atoms. The van der Waals surface area contributed by atoms with Gasteiger partial charge < -0.3 is 19.9 Å². The SMILES string of the molecule is Cc1ccc([N+](=O)[O-])cc1NC(=O)[C@@H](OC(=O)c1cccc(C(F)(F)F)c1)[C@@H](OC(=O)c1cccc(C(F)(F)F)c1)C(=O)O. The lowest BCUT2D eigenvalue weighted by Crippen LogP contribution is -2.48. The van der Waals surface area contributed by atoms with E-state index < -0.39 is 81.2 Å². The van der Waals surface area contributed by atoms with Gasteiger partial charge in [0.25, 0.3) is 11.6 Å². The lowest BCUT2D eigenvalue weighted by atomic mass is 10.1. The third-order valence-corrected chi connectivity index (χ3v) is 5.79. The molecular formula is C27H18F6N2O9. The summed E-state index contributed by atoms with van der Waals surface area (Å²) in [6.45, 7) is 1.37. The Morgan fingerprint density at radius 3 is 1.70 bits per heavy atom. The number of carbonyl (C=O) groups excluding carboxylic acids is 3. The molecule has 2 atom stereocenters. The Morgan fingerprint density at radius 1 is 0.795 bits per heavy atom. The number of amides is 1. The van der Waals surface area contributed by atoms with Crippen LogP contribution in [0.2, 0.25) is 0 Å². The summed E-state index contributed by atoms with van der Waals surface area (Å²) in [4.78, 5) is 61.2. The van der Waals surface area contributed by atoms with Crippen LogP contribution in [-0.4, -0.2) is 46.1 Å². The minimum absolute atomic E-state index is 0.180. The second kappa shape index (κ2) is 12.8. The van der Waals surface area contributed by atoms with Crippen molar-refractivity contribution in [3.05, 3.63) is 105 Å². The van der Waals surface area contributed by atoms with E-state index in [1.807, 2.05) is 0 Å². The van der Waals surface area contributed by atoms with Gasteiger partial charge in [0, 0.05) is 12.1 Å². The number of hydrogen-bond donors (Lipinski definition) is 2. The zero-order valence-corrected chi connectivity index (χ0v) is 21.9. The van der Waals surface area contributed by atoms with Crippen molar-refractivity contribution in [3.63, 3.8) is 0 Å². The molecule has 3 rings (SSSR count). The van der Waals surface area contributed by atoms with Crippen molar-refractivity contribution in [2.45, 2.75) is 31.5 Å². The first kappa shape index (κ1) is 33.0. The fourth-order valence-corrected chi connectivity index (χ4v) is 3.57. The molecule has 3 aromatic rings. The molecule has 0 aromatic heterocycles. The van der Waals surface area contributed by atoms with Crippen LogP contribution in [0.25, 0.3) is 0 Å². The van der Waals surface area contributed by atoms with Crippen molar-refractivity contribution >= 4 is 35.2 Å². The molecule has 232 valence electrons. The number of nitrogens with one attached hydrogen (secondary N) is 1. The van der Waals surface area contributed by atoms with Gasteiger partial charge in [-0.15, -0.1) is 0 Å². The van der Waals surface area contributed by atoms with Gasteiger partial charge in [-0.1, -0.05) is 18.2 Å². The number of hydrogen-bond acceptors (Lipinski definition) is 8. The van der Waals surface area contributed by atoms with Crippen LogP contribution in [0.5, 0.6) is 0 Å². The van der Waals surface area contributed by atoms with Gasteiger partial charge in [-0.2, -0.15) is 26.3 Å². The molecule has 0 saturated carbocycles. The van der Waals surface area contributed by atoms with E-state index in [1.54, 1.807) is 0 Å². The van der Waals surface area contributed by atoms with Crippen molar-refractivity contribution in [3.8, 4) is 0 Å². The van der Waals surface area contributed by atoms with E-state index in [4.69, 9.17) is 9.47 Å². The number of carboxylic acids is 1. The number of rotatable bonds is 9. The molecule has 0 aliphatic carbocycles. The molecule has 1 amide bonds. The number of anilines is 1. The summed E-state index contributed by atoms with van der Waals surface area (Å²) in [7, 11) is 0. The molecule has 2 N–H and O–H groups in total. The van der Waals surface area contributed by atoms with Crippen molar-refractivity contribution in [1.29, 1.82) is 0 Å². The normalized spacial score (nSPS) is 12.9. The van der Waals surface area contributed by atoms with E-state index in [9.17, 15) is 60.7 Å². The predicted molar refractivity (Wildman–Crippen MR) is 135 cm³/mol. The average Bonchev–Trinajstić information content (AvgIpc) is 2.94. The molecule has 17 heteroatoms. The highest BCUT2D eigenvalue weighted by Gasteiger charge is 2.42. The summed E-state index contributed by atoms with van der Waals surface area (Å²) in [5.74, 6) is -7.12. The lowest BCUT2D eigenvalue weighted by molar-refractivity contribution is -0.384. The molecule has 0 heterocycles. The summed E-state index contributed by atoms with van der Waals surface area (Å²) in [6, 6.07) is 8.22. The van der Waals surface area contributed by atoms with Crippen molar-refractivity contribution < 1.29 is 65.0 Å². The number of benzene rings is 3. The van der Waals surface area contributed by atoms with Crippen molar-refractivity contribution in [2.24, 2.45) is 0 Å². The van der Waals surface area contributed by atoms with Gasteiger partial charge in [-0.3, -0.25) is 14.9 Å². The van der Waals surface area contributed by atoms with E-state index in [0.717, 1.165) is 36.4 Å². The third kappa shape index (κ3) is 8.08. The van der Waals surface area contributed by atoms with E-state index >= 15 is 0 Å². The Labute approximate surface area is 242 Å². The van der Waals surface area contributed by atoms with E-state index in [0.29, 0.717) is 24.3 Å². The largest absolute Gasteiger partial charge is 0.478 e. The number of halogens is 6. The quantitative estimate of drug-likeness (QED) is 0.136. The first-order valence-electron chi connectivity index (χ1n) is 11.9. The summed E-state index contributed by atoms with van der Waals surface area (Å²) >= 11 is 0. The van der Waals surface area contributed by atoms with Crippen LogP contribution in [0, 0.1) is 17.0 Å². The summed E-state index contributed by atoms with van der Waals surface area (Å²) in [6.07, 6.45) is -15.3. The van der Waals surface area contributed by atoms with Gasteiger partial charge in [0.2, 0.25) is 12.2 Å². The van der Waals surface area contributed by atoms with Crippen LogP contribution in [0.3, 0.4) is 0 Å². The summed E-state index contributed by atoms with van der Waals surface area (Å²) in [5.41, 5.74) is -4.90. The molecule has 0 aliphatic heterocycles. The Morgan fingerprint density at radius 2 is 1.27 bits per heavy atom. The maximum Gasteiger partial charge on any atom is 0.416 e. The summed E-state index contributed by atoms with van der Waals surface area (Å²) < 4.78 is 88.5. The Kier molecular flexibility index (Phi) is 9.61. The number of carbonyl (C=O) groups is 4. The van der Waals surface area contributed by atoms with Gasteiger partial charge in [-0.05, 0) is 48.9 Å². The predicted octanol–water partition coefficient (Wildman–Crippen LogP) is 5.42. The maximum atomic E-state index is 13.2. The zero-order chi connectivity index (χ0) is 33.0. The molecular weight excluding hydrogens is 610 g/mol. The Hall–Kier alpha value is -5.48. The van der Waals surface area contributed by atoms with Crippen LogP contribution >= 0.6 is 0 Å². The lowest BCUT2D eigenvalue weighted by Gasteiger charge is -2.24. The minimum Gasteiger partial charge on any atom is -0.478 e. The highest BCUT2D eigenvalue weighted by molar-refractivity contribution is 6.02. The number of carboxylic acid groups (broad SMARTS) is 1. The molecule has 0 fully saturated rings. The molecule has 11 nitrogen and oxygen atoms in total. The highest BCUT2D eigenvalue weighted by Crippen LogP contribution is 2.31. The molecule has 0 saturated heterocycles. The fourth-order valence-electron chi connectivity index (χ4n) is 3.57. The van der Waals surface area contributed by atoms with Gasteiger partial charge in [0.1, 0.15) is 0 Å². The number of aliphatic carboxylic acids is 1. The van der Waals surface area contributed by atoms with E-state index in [2.05, 4.69) is 5.32 Å². The topological polar surface area (TPSA) is 162 Å². The molecule has 0 radical (unpaired) electrons. The number of ether oxygens (including phenoxy) is 2. The van der Waals surface area contributed by atoms with Gasteiger partial charge in [0.05, 0.1) is 32.9 Å². The Bertz CT molecular complexity index is 1620. The molecule has 3 aromatic carbocycles. The number of nitro benzene ring substituents is 1. The number of aryl methyl sites for hydroxylation is 1. The third-order valence-electron chi connectivity index (χ3n) is 5.79. The van der Waals surface area contributed by atoms with Crippen LogP contribution in [-0.2, 0) is 31.4 Å². The maximum absolute atomic E-state index is 13.2. The number of esters is 2. The molecule has 0 unspecified atom stereocenters. The fraction of sp³-hybridized carbons (Fsp3) is 0.185. The van der Waals surface area contributed by atoms with Crippen LogP contribution in [0.1, 0.15) is 37.4 Å². The highest BCUT2D eigenvalue weighted by atomic mass is 19.4. The first-order valence-corrected chi connectivity index (χ1v) is 11.9. The van der Waals surface area contributed by atoms with Crippen molar-refractivity contribution in [1.82, 2.24) is 0 Å². The standard InChI is InChI=1S/C27H18F6N2O9/c1-13-8-9-18(35(41)42)12-19(13)34-22(36)20(43-24(39)14-4-2-6-16(10-14)26(28,29)30)21(23(37)38)44-25(40)15-5-3-7-17(11-15)27(31,32)33/h2-12,20-21H,1H3,(H,34,36)(H,37,38)/t20-,21+/m0/s1. The first-order chi connectivity index (χ1) is 20.4. The molecule has 44 heavy (non-hydrogen) atoms. The average molecular weight is 628 g/mol. The molecule has 0 aliphatic rings. The van der Waals surface area contributed by atoms with Gasteiger partial charge >= 0.3 is 30.3 Å². The number of alkyl halides is 6. The number of nitrogens with zero attached hydrogens (tertiary/aromatic N) is 1. The van der Waals surface area contributed by atoms with E-state index in [1.165, 1.54) is 13.0 Å². The second-order valence-electron chi connectivity index (χ2n) is 8.89. The number of non-ortho nitro benzene ring substituents is 1. The van der Waals surface area contributed by atoms with E-state index in [-0.39, 0.29) is 11.3 Å². The van der Waals surface area contributed by atoms with Crippen LogP contribution in [0.4, 0.5) is 37.7 Å². The molecule has 0 spiro atoms. The minimum atomic E-state index is -4.92. The number of nitro groups is 1. The summed E-state index contributed by atoms with van der Waals surface area (Å²) in [5, 5.41) is 23.0. The van der Waals surface area contributed by atoms with Gasteiger partial charge in [0.15, 0.2) is 0 Å². The van der Waals surface area contributed by atoms with Crippen LogP contribution in [0.15, 0.2) is 66.7 Å². The smallest absolute Gasteiger partial charge is 0.416 e. The van der Waals surface area contributed by atoms with Crippen LogP contribution < -0.4 is 5.32 Å².